The second-order valence-electron chi connectivity index (χ2n) is 12.0. The summed E-state index contributed by atoms with van der Waals surface area (Å²) in [5.41, 5.74) is 6.65. The van der Waals surface area contributed by atoms with E-state index in [0.717, 1.165) is 22.3 Å². The van der Waals surface area contributed by atoms with Gasteiger partial charge in [0.15, 0.2) is 11.9 Å². The standard InChI is InChI=1S/C34H44O7/c1-21(11-16-27-23(3)10-7-17-34(27,4)5)8-6-9-22(2)18-26(35)19-24-12-14-25(15-13-24)20-28-29(36)30(37)31(38)32(41-28)33(39)40/h6,8-9,11-16,18,28-32,36-38H,7,10,17,19-20H2,1-5H3,(H,39,40)/b9-6+,16-11+,21-8+,22-18+/t28-,29-,30+,31-,32-/m0/s1. The molecule has 0 aromatic heterocycles. The van der Waals surface area contributed by atoms with Gasteiger partial charge in [-0.15, -0.1) is 0 Å². The summed E-state index contributed by atoms with van der Waals surface area (Å²) in [7, 11) is 0. The summed E-state index contributed by atoms with van der Waals surface area (Å²) in [5, 5.41) is 39.3. The molecule has 0 bridgehead atoms. The summed E-state index contributed by atoms with van der Waals surface area (Å²) >= 11 is 0. The molecule has 3 rings (SSSR count). The summed E-state index contributed by atoms with van der Waals surface area (Å²) in [5.74, 6) is -1.44. The van der Waals surface area contributed by atoms with Crippen LogP contribution < -0.4 is 0 Å². The minimum Gasteiger partial charge on any atom is -0.479 e. The fourth-order valence-electron chi connectivity index (χ4n) is 5.54. The molecule has 222 valence electrons. The number of hydrogen-bond acceptors (Lipinski definition) is 6. The average Bonchev–Trinajstić information content (AvgIpc) is 2.89. The van der Waals surface area contributed by atoms with Gasteiger partial charge in [-0.1, -0.05) is 79.6 Å². The van der Waals surface area contributed by atoms with E-state index in [0.29, 0.717) is 0 Å². The Labute approximate surface area is 243 Å². The lowest BCUT2D eigenvalue weighted by Gasteiger charge is -2.39. The van der Waals surface area contributed by atoms with Gasteiger partial charge in [0.25, 0.3) is 0 Å². The van der Waals surface area contributed by atoms with E-state index in [1.165, 1.54) is 30.4 Å². The van der Waals surface area contributed by atoms with Gasteiger partial charge in [0, 0.05) is 12.8 Å². The van der Waals surface area contributed by atoms with Crippen LogP contribution in [0.1, 0.15) is 65.0 Å². The number of aliphatic hydroxyl groups excluding tert-OH is 3. The van der Waals surface area contributed by atoms with E-state index in [1.54, 1.807) is 30.3 Å². The van der Waals surface area contributed by atoms with Crippen LogP contribution in [-0.4, -0.2) is 62.7 Å². The number of allylic oxidation sites excluding steroid dienone is 10. The normalized spacial score (nSPS) is 27.6. The quantitative estimate of drug-likeness (QED) is 0.238. The SMILES string of the molecule is CC1=C(/C=C/C(C)=C/C=C/C(C)=C/C(=O)Cc2ccc(C[C@@H]3O[C@H](C(=O)O)[C@@H](O)[C@H](O)[C@H]3O)cc2)C(C)(C)CCC1. The second kappa shape index (κ2) is 14.2. The first-order valence-corrected chi connectivity index (χ1v) is 14.2. The maximum atomic E-state index is 12.6. The third kappa shape index (κ3) is 8.94. The topological polar surface area (TPSA) is 124 Å². The molecule has 1 aliphatic heterocycles. The third-order valence-electron chi connectivity index (χ3n) is 7.96. The van der Waals surface area contributed by atoms with Gasteiger partial charge in [-0.05, 0) is 73.8 Å². The van der Waals surface area contributed by atoms with Crippen molar-refractivity contribution in [2.75, 3.05) is 0 Å². The fourth-order valence-corrected chi connectivity index (χ4v) is 5.54. The van der Waals surface area contributed by atoms with Gasteiger partial charge in [0.2, 0.25) is 0 Å². The van der Waals surface area contributed by atoms with Crippen molar-refractivity contribution in [3.05, 3.63) is 94.1 Å². The van der Waals surface area contributed by atoms with Crippen molar-refractivity contribution in [3.8, 4) is 0 Å². The van der Waals surface area contributed by atoms with Gasteiger partial charge in [-0.2, -0.15) is 0 Å². The van der Waals surface area contributed by atoms with Gasteiger partial charge in [0.05, 0.1) is 6.10 Å². The van der Waals surface area contributed by atoms with Gasteiger partial charge in [-0.3, -0.25) is 4.79 Å². The Bertz CT molecular complexity index is 1250. The number of ketones is 1. The Balaban J connectivity index is 1.54. The van der Waals surface area contributed by atoms with Crippen molar-refractivity contribution >= 4 is 11.8 Å². The maximum absolute atomic E-state index is 12.6. The van der Waals surface area contributed by atoms with Gasteiger partial charge >= 0.3 is 5.97 Å². The number of carbonyl (C=O) groups excluding carboxylic acids is 1. The fraction of sp³-hybridized carbons (Fsp3) is 0.471. The zero-order valence-corrected chi connectivity index (χ0v) is 24.7. The van der Waals surface area contributed by atoms with Crippen LogP contribution in [0.4, 0.5) is 0 Å². The second-order valence-corrected chi connectivity index (χ2v) is 12.0. The third-order valence-corrected chi connectivity index (χ3v) is 7.96. The highest BCUT2D eigenvalue weighted by atomic mass is 16.6. The number of carbonyl (C=O) groups is 2. The Morgan fingerprint density at radius 1 is 0.976 bits per heavy atom. The van der Waals surface area contributed by atoms with Crippen LogP contribution in [0, 0.1) is 5.41 Å². The van der Waals surface area contributed by atoms with Crippen LogP contribution in [0.5, 0.6) is 0 Å². The van der Waals surface area contributed by atoms with Gasteiger partial charge < -0.3 is 25.2 Å². The van der Waals surface area contributed by atoms with E-state index in [-0.39, 0.29) is 24.0 Å². The largest absolute Gasteiger partial charge is 0.479 e. The van der Waals surface area contributed by atoms with Crippen LogP contribution in [0.15, 0.2) is 83.0 Å². The van der Waals surface area contributed by atoms with Crippen LogP contribution in [0.3, 0.4) is 0 Å². The molecule has 1 heterocycles. The molecule has 1 fully saturated rings. The first-order chi connectivity index (χ1) is 19.3. The van der Waals surface area contributed by atoms with E-state index in [2.05, 4.69) is 39.8 Å². The predicted octanol–water partition coefficient (Wildman–Crippen LogP) is 4.81. The van der Waals surface area contributed by atoms with E-state index in [1.807, 2.05) is 25.2 Å². The highest BCUT2D eigenvalue weighted by molar-refractivity contribution is 5.92. The number of hydrogen-bond donors (Lipinski definition) is 4. The first kappa shape index (κ1) is 32.4. The minimum absolute atomic E-state index is 0.0325. The molecule has 5 atom stereocenters. The zero-order chi connectivity index (χ0) is 30.3. The lowest BCUT2D eigenvalue weighted by atomic mass is 9.72. The van der Waals surface area contributed by atoms with Gasteiger partial charge in [-0.25, -0.2) is 4.79 Å². The summed E-state index contributed by atoms with van der Waals surface area (Å²) in [6, 6.07) is 7.14. The summed E-state index contributed by atoms with van der Waals surface area (Å²) < 4.78 is 5.35. The molecular formula is C34H44O7. The smallest absolute Gasteiger partial charge is 0.335 e. The molecule has 0 amide bonds. The van der Waals surface area contributed by atoms with Crippen molar-refractivity contribution in [3.63, 3.8) is 0 Å². The molecule has 7 heteroatoms. The lowest BCUT2D eigenvalue weighted by Crippen LogP contribution is -2.60. The predicted molar refractivity (Wildman–Crippen MR) is 159 cm³/mol. The van der Waals surface area contributed by atoms with Gasteiger partial charge in [0.1, 0.15) is 18.3 Å². The summed E-state index contributed by atoms with van der Waals surface area (Å²) in [4.78, 5) is 23.9. The highest BCUT2D eigenvalue weighted by Gasteiger charge is 2.46. The van der Waals surface area contributed by atoms with Crippen molar-refractivity contribution in [2.45, 2.75) is 97.2 Å². The van der Waals surface area contributed by atoms with E-state index >= 15 is 0 Å². The lowest BCUT2D eigenvalue weighted by molar-refractivity contribution is -0.227. The number of ether oxygens (including phenoxy) is 1. The van der Waals surface area contributed by atoms with E-state index in [4.69, 9.17) is 4.74 Å². The summed E-state index contributed by atoms with van der Waals surface area (Å²) in [6.45, 7) is 10.8. The van der Waals surface area contributed by atoms with Crippen molar-refractivity contribution < 1.29 is 34.8 Å². The Morgan fingerprint density at radius 3 is 2.27 bits per heavy atom. The molecule has 7 nitrogen and oxygen atoms in total. The molecule has 41 heavy (non-hydrogen) atoms. The number of carboxylic acids is 1. The van der Waals surface area contributed by atoms with Crippen molar-refractivity contribution in [1.82, 2.24) is 0 Å². The number of aliphatic carboxylic acids is 1. The molecule has 0 radical (unpaired) electrons. The first-order valence-electron chi connectivity index (χ1n) is 14.2. The average molecular weight is 565 g/mol. The number of carboxylic acid groups (broad SMARTS) is 1. The molecule has 4 N–H and O–H groups in total. The maximum Gasteiger partial charge on any atom is 0.335 e. The number of rotatable bonds is 10. The number of benzene rings is 1. The molecule has 2 aliphatic rings. The Morgan fingerprint density at radius 2 is 1.63 bits per heavy atom. The van der Waals surface area contributed by atoms with Crippen LogP contribution >= 0.6 is 0 Å². The van der Waals surface area contributed by atoms with E-state index < -0.39 is 36.5 Å². The molecule has 0 unspecified atom stereocenters. The molecule has 1 aromatic rings. The molecule has 1 aliphatic carbocycles. The monoisotopic (exact) mass is 564 g/mol. The van der Waals surface area contributed by atoms with Crippen molar-refractivity contribution in [1.29, 1.82) is 0 Å². The van der Waals surface area contributed by atoms with Crippen LogP contribution in [0.2, 0.25) is 0 Å². The molecule has 1 aromatic carbocycles. The zero-order valence-electron chi connectivity index (χ0n) is 24.7. The molecule has 0 spiro atoms. The number of aliphatic hydroxyl groups is 3. The minimum atomic E-state index is -1.71. The molecule has 1 saturated heterocycles. The Hall–Kier alpha value is -3.10. The van der Waals surface area contributed by atoms with Crippen molar-refractivity contribution in [2.24, 2.45) is 5.41 Å². The Kier molecular flexibility index (Phi) is 11.2. The van der Waals surface area contributed by atoms with Crippen LogP contribution in [-0.2, 0) is 27.2 Å². The van der Waals surface area contributed by atoms with E-state index in [9.17, 15) is 30.0 Å². The molecule has 0 saturated carbocycles. The highest BCUT2D eigenvalue weighted by Crippen LogP contribution is 2.40. The van der Waals surface area contributed by atoms with Crippen LogP contribution in [0.25, 0.3) is 0 Å². The summed E-state index contributed by atoms with van der Waals surface area (Å²) in [6.07, 6.45) is 8.54. The molecular weight excluding hydrogens is 520 g/mol.